The first-order valence-electron chi connectivity index (χ1n) is 20.6. The van der Waals surface area contributed by atoms with E-state index in [1.807, 2.05) is 13.8 Å². The fourth-order valence-electron chi connectivity index (χ4n) is 8.19. The predicted octanol–water partition coefficient (Wildman–Crippen LogP) is 8.68. The van der Waals surface area contributed by atoms with E-state index in [0.717, 1.165) is 55.8 Å². The molecule has 0 unspecified atom stereocenters. The van der Waals surface area contributed by atoms with Gasteiger partial charge >= 0.3 is 0 Å². The molecule has 14 nitrogen and oxygen atoms in total. The van der Waals surface area contributed by atoms with Crippen molar-refractivity contribution in [3.05, 3.63) is 103 Å². The smallest absolute Gasteiger partial charge is 0.249 e. The molecule has 2 aliphatic heterocycles. The van der Waals surface area contributed by atoms with Gasteiger partial charge in [-0.15, -0.1) is 0 Å². The van der Waals surface area contributed by atoms with Gasteiger partial charge in [0.15, 0.2) is 11.6 Å². The van der Waals surface area contributed by atoms with Crippen LogP contribution in [0.3, 0.4) is 0 Å². The van der Waals surface area contributed by atoms with Gasteiger partial charge in [-0.1, -0.05) is 45.5 Å². The number of nitrogens with one attached hydrogen (secondary N) is 1. The van der Waals surface area contributed by atoms with Crippen LogP contribution in [0.25, 0.3) is 28.7 Å². The number of hydrogen-bond donors (Lipinski definition) is 1. The molecule has 0 spiro atoms. The van der Waals surface area contributed by atoms with Gasteiger partial charge in [0, 0.05) is 51.0 Å². The lowest BCUT2D eigenvalue weighted by Crippen LogP contribution is -2.57. The van der Waals surface area contributed by atoms with Gasteiger partial charge in [-0.2, -0.15) is 9.97 Å². The highest BCUT2D eigenvalue weighted by Gasteiger charge is 2.43. The summed E-state index contributed by atoms with van der Waals surface area (Å²) in [7, 11) is 3.55. The van der Waals surface area contributed by atoms with E-state index in [2.05, 4.69) is 39.7 Å². The van der Waals surface area contributed by atoms with Gasteiger partial charge < -0.3 is 24.6 Å². The van der Waals surface area contributed by atoms with Crippen LogP contribution in [-0.4, -0.2) is 89.5 Å². The Kier molecular flexibility index (Phi) is 13.3. The molecule has 0 saturated heterocycles. The second kappa shape index (κ2) is 18.8. The minimum absolute atomic E-state index is 0. The number of halogens is 3. The Labute approximate surface area is 365 Å². The van der Waals surface area contributed by atoms with Crippen molar-refractivity contribution in [3.63, 3.8) is 0 Å². The summed E-state index contributed by atoms with van der Waals surface area (Å²) in [6.07, 6.45) is 18.1. The standard InChI is InChI=1S/C22H23FN6O.C13H17ClN4O.C9H7FN2.CH4/c1-3-17-21(30)27(2)18-13-25-22(26-20(18)29(17)14-7-6-8-14)28-12-11-24-19(28)15-9-4-5-10-16(15)23;1-3-9-12(19)17(2)10-7-15-13(14)16-11(10)18(9)8-5-4-6-8;10-8-4-2-1-3-7(8)9-11-5-6-12-9;/h4-5,9-14,17H,3,6-8H2,1-2H3;7-9H,3-6H2,1-2H3;1-6H,(H,11,12);1H4/t17-;9-;;/m11../s1. The number of aromatic amines is 1. The third-order valence-corrected chi connectivity index (χ3v) is 12.1. The van der Waals surface area contributed by atoms with Gasteiger partial charge in [0.05, 0.1) is 23.5 Å². The highest BCUT2D eigenvalue weighted by atomic mass is 35.5. The highest BCUT2D eigenvalue weighted by Crippen LogP contribution is 2.42. The lowest BCUT2D eigenvalue weighted by molar-refractivity contribution is -0.121. The van der Waals surface area contributed by atoms with E-state index in [0.29, 0.717) is 52.9 Å². The van der Waals surface area contributed by atoms with Gasteiger partial charge in [0.25, 0.3) is 0 Å². The summed E-state index contributed by atoms with van der Waals surface area (Å²) < 4.78 is 29.2. The number of amides is 2. The first-order valence-corrected chi connectivity index (χ1v) is 21.0. The van der Waals surface area contributed by atoms with Crippen molar-refractivity contribution < 1.29 is 18.4 Å². The normalized spacial score (nSPS) is 18.3. The van der Waals surface area contributed by atoms with Crippen molar-refractivity contribution >= 4 is 46.4 Å². The second-order valence-corrected chi connectivity index (χ2v) is 15.7. The number of carbonyl (C=O) groups is 2. The Morgan fingerprint density at radius 2 is 1.24 bits per heavy atom. The van der Waals surface area contributed by atoms with E-state index in [9.17, 15) is 18.4 Å². The van der Waals surface area contributed by atoms with Crippen molar-refractivity contribution in [2.75, 3.05) is 33.7 Å². The quantitative estimate of drug-likeness (QED) is 0.155. The number of fused-ring (bicyclic) bond motifs is 2. The molecule has 62 heavy (non-hydrogen) atoms. The molecule has 2 fully saturated rings. The predicted molar refractivity (Wildman–Crippen MR) is 238 cm³/mol. The molecule has 0 bridgehead atoms. The molecule has 2 aliphatic carbocycles. The number of H-pyrrole nitrogens is 1. The van der Waals surface area contributed by atoms with Gasteiger partial charge in [0.1, 0.15) is 46.7 Å². The van der Waals surface area contributed by atoms with Crippen LogP contribution in [0, 0.1) is 11.6 Å². The molecule has 2 aromatic carbocycles. The maximum Gasteiger partial charge on any atom is 0.249 e. The Morgan fingerprint density at radius 1 is 0.710 bits per heavy atom. The Bertz CT molecular complexity index is 2510. The molecular formula is C45H51ClF2N12O2. The van der Waals surface area contributed by atoms with E-state index in [1.54, 1.807) is 102 Å². The summed E-state index contributed by atoms with van der Waals surface area (Å²) in [6, 6.07) is 13.4. The van der Waals surface area contributed by atoms with Crippen molar-refractivity contribution in [3.8, 4) is 28.7 Å². The van der Waals surface area contributed by atoms with E-state index < -0.39 is 0 Å². The summed E-state index contributed by atoms with van der Waals surface area (Å²) in [5.41, 5.74) is 2.35. The van der Waals surface area contributed by atoms with Crippen LogP contribution in [0.15, 0.2) is 85.7 Å². The van der Waals surface area contributed by atoms with Crippen molar-refractivity contribution in [2.45, 2.75) is 96.8 Å². The van der Waals surface area contributed by atoms with Gasteiger partial charge in [-0.05, 0) is 87.2 Å². The second-order valence-electron chi connectivity index (χ2n) is 15.4. The van der Waals surface area contributed by atoms with E-state index in [-0.39, 0.29) is 48.2 Å². The Balaban J connectivity index is 0.000000154. The first kappa shape index (κ1) is 43.8. The number of aromatic nitrogens is 8. The molecule has 2 atom stereocenters. The molecule has 0 radical (unpaired) electrons. The number of hydrogen-bond acceptors (Lipinski definition) is 10. The van der Waals surface area contributed by atoms with E-state index in [1.165, 1.54) is 18.6 Å². The fraction of sp³-hybridized carbons (Fsp3) is 0.378. The minimum atomic E-state index is -0.351. The molecule has 6 heterocycles. The lowest BCUT2D eigenvalue weighted by atomic mass is 9.88. The van der Waals surface area contributed by atoms with Crippen LogP contribution in [0.1, 0.15) is 72.6 Å². The summed E-state index contributed by atoms with van der Waals surface area (Å²) in [6.45, 7) is 4.07. The molecule has 2 amide bonds. The van der Waals surface area contributed by atoms with Crippen LogP contribution in [0.4, 0.5) is 31.8 Å². The maximum absolute atomic E-state index is 14.4. The summed E-state index contributed by atoms with van der Waals surface area (Å²) in [4.78, 5) is 61.9. The number of benzene rings is 2. The monoisotopic (exact) mass is 864 g/mol. The molecule has 2 saturated carbocycles. The van der Waals surface area contributed by atoms with Crippen LogP contribution in [0.5, 0.6) is 0 Å². The zero-order valence-electron chi connectivity index (χ0n) is 34.4. The molecule has 10 rings (SSSR count). The molecule has 1 N–H and O–H groups in total. The third kappa shape index (κ3) is 8.22. The molecular weight excluding hydrogens is 814 g/mol. The molecule has 6 aromatic rings. The lowest BCUT2D eigenvalue weighted by Gasteiger charge is -2.47. The zero-order chi connectivity index (χ0) is 42.8. The number of imidazole rings is 2. The zero-order valence-corrected chi connectivity index (χ0v) is 35.2. The van der Waals surface area contributed by atoms with Crippen LogP contribution < -0.4 is 19.6 Å². The Hall–Kier alpha value is -6.29. The SMILES string of the molecule is C.CC[C@@H]1C(=O)N(C)c2cnc(-n3ccnc3-c3ccccc3F)nc2N1C1CCC1.CC[C@@H]1C(=O)N(C)c2cnc(Cl)nc2N1C1CCC1.Fc1ccccc1-c1ncc[nH]1. The summed E-state index contributed by atoms with van der Waals surface area (Å²) in [5, 5.41) is 0.237. The van der Waals surface area contributed by atoms with Crippen molar-refractivity contribution in [1.29, 1.82) is 0 Å². The Morgan fingerprint density at radius 3 is 1.74 bits per heavy atom. The summed E-state index contributed by atoms with van der Waals surface area (Å²) in [5.74, 6) is 2.55. The van der Waals surface area contributed by atoms with Crippen LogP contribution in [-0.2, 0) is 9.59 Å². The molecule has 4 aliphatic rings. The average Bonchev–Trinajstić information content (AvgIpc) is 3.95. The molecule has 17 heteroatoms. The molecule has 324 valence electrons. The van der Waals surface area contributed by atoms with E-state index >= 15 is 0 Å². The van der Waals surface area contributed by atoms with Crippen LogP contribution in [0.2, 0.25) is 5.28 Å². The van der Waals surface area contributed by atoms with Gasteiger partial charge in [-0.3, -0.25) is 14.2 Å². The number of anilines is 4. The average molecular weight is 865 g/mol. The number of nitrogens with zero attached hydrogens (tertiary/aromatic N) is 11. The maximum atomic E-state index is 14.4. The number of rotatable bonds is 7. The number of carbonyl (C=O) groups excluding carboxylic acids is 2. The first-order chi connectivity index (χ1) is 29.6. The minimum Gasteiger partial charge on any atom is -0.345 e. The highest BCUT2D eigenvalue weighted by molar-refractivity contribution is 6.28. The van der Waals surface area contributed by atoms with Crippen molar-refractivity contribution in [1.82, 2.24) is 39.5 Å². The summed E-state index contributed by atoms with van der Waals surface area (Å²) >= 11 is 5.93. The van der Waals surface area contributed by atoms with Crippen LogP contribution >= 0.6 is 11.6 Å². The van der Waals surface area contributed by atoms with Gasteiger partial charge in [-0.25, -0.2) is 28.7 Å². The largest absolute Gasteiger partial charge is 0.345 e. The van der Waals surface area contributed by atoms with Gasteiger partial charge in [0.2, 0.25) is 23.0 Å². The van der Waals surface area contributed by atoms with Crippen molar-refractivity contribution in [2.24, 2.45) is 0 Å². The third-order valence-electron chi connectivity index (χ3n) is 11.9. The molecule has 4 aromatic heterocycles. The topological polar surface area (TPSA) is 145 Å². The number of likely N-dealkylation sites (N-methyl/N-ethyl adjacent to an activating group) is 2. The van der Waals surface area contributed by atoms with E-state index in [4.69, 9.17) is 16.6 Å². The fourth-order valence-corrected chi connectivity index (χ4v) is 8.32.